The molecule has 2 rings (SSSR count). The topological polar surface area (TPSA) is 64.6 Å². The second-order valence-electron chi connectivity index (χ2n) is 4.98. The van der Waals surface area contributed by atoms with Crippen LogP contribution in [0.25, 0.3) is 0 Å². The van der Waals surface area contributed by atoms with E-state index in [0.29, 0.717) is 17.9 Å². The highest BCUT2D eigenvalue weighted by Crippen LogP contribution is 2.18. The molecule has 0 unspecified atom stereocenters. The van der Waals surface area contributed by atoms with Gasteiger partial charge in [-0.2, -0.15) is 0 Å². The number of para-hydroxylation sites is 1. The van der Waals surface area contributed by atoms with E-state index in [1.54, 1.807) is 24.3 Å². The third-order valence-electron chi connectivity index (χ3n) is 3.40. The molecule has 2 aromatic rings. The van der Waals surface area contributed by atoms with Gasteiger partial charge in [0.1, 0.15) is 11.3 Å². The number of aryl methyl sites for hydroxylation is 1. The normalized spacial score (nSPS) is 10.0. The Hall–Kier alpha value is -2.82. The minimum Gasteiger partial charge on any atom is -0.496 e. The number of carbonyl (C=O) groups is 2. The van der Waals surface area contributed by atoms with Gasteiger partial charge in [-0.25, -0.2) is 4.79 Å². The molecule has 120 valence electrons. The molecule has 5 heteroatoms. The molecule has 1 amide bonds. The molecule has 2 aromatic carbocycles. The van der Waals surface area contributed by atoms with Gasteiger partial charge < -0.3 is 14.8 Å². The molecule has 1 N–H and O–H groups in total. The smallest absolute Gasteiger partial charge is 0.342 e. The average molecular weight is 313 g/mol. The minimum atomic E-state index is -0.589. The van der Waals surface area contributed by atoms with Gasteiger partial charge >= 0.3 is 5.97 Å². The van der Waals surface area contributed by atoms with Gasteiger partial charge in [-0.05, 0) is 30.2 Å². The summed E-state index contributed by atoms with van der Waals surface area (Å²) in [6.45, 7) is 2.05. The lowest BCUT2D eigenvalue weighted by molar-refractivity contribution is -0.124. The number of hydrogen-bond donors (Lipinski definition) is 1. The van der Waals surface area contributed by atoms with Gasteiger partial charge in [0.05, 0.1) is 7.11 Å². The Balaban J connectivity index is 1.84. The largest absolute Gasteiger partial charge is 0.496 e. The number of ether oxygens (including phenoxy) is 2. The van der Waals surface area contributed by atoms with E-state index in [4.69, 9.17) is 9.47 Å². The number of nitrogens with one attached hydrogen (secondary N) is 1. The van der Waals surface area contributed by atoms with Crippen molar-refractivity contribution in [2.75, 3.05) is 13.7 Å². The molecule has 0 aliphatic rings. The summed E-state index contributed by atoms with van der Waals surface area (Å²) < 4.78 is 10.1. The van der Waals surface area contributed by atoms with Crippen molar-refractivity contribution in [3.63, 3.8) is 0 Å². The van der Waals surface area contributed by atoms with Crippen molar-refractivity contribution >= 4 is 11.9 Å². The summed E-state index contributed by atoms with van der Waals surface area (Å²) in [4.78, 5) is 23.8. The molecule has 0 saturated carbocycles. The third-order valence-corrected chi connectivity index (χ3v) is 3.40. The van der Waals surface area contributed by atoms with Gasteiger partial charge in [0.25, 0.3) is 5.91 Å². The van der Waals surface area contributed by atoms with Crippen LogP contribution < -0.4 is 10.1 Å². The predicted molar refractivity (Wildman–Crippen MR) is 86.3 cm³/mol. The summed E-state index contributed by atoms with van der Waals surface area (Å²) in [7, 11) is 1.47. The first-order valence-corrected chi connectivity index (χ1v) is 7.23. The molecule has 0 bridgehead atoms. The monoisotopic (exact) mass is 313 g/mol. The lowest BCUT2D eigenvalue weighted by atomic mass is 10.1. The first-order valence-electron chi connectivity index (χ1n) is 7.23. The van der Waals surface area contributed by atoms with Crippen LogP contribution in [-0.4, -0.2) is 25.6 Å². The molecule has 0 spiro atoms. The van der Waals surface area contributed by atoms with Gasteiger partial charge in [-0.1, -0.05) is 36.4 Å². The summed E-state index contributed by atoms with van der Waals surface area (Å²) in [6.07, 6.45) is 0. The Bertz CT molecular complexity index is 697. The van der Waals surface area contributed by atoms with Crippen LogP contribution in [0.1, 0.15) is 21.5 Å². The van der Waals surface area contributed by atoms with Crippen molar-refractivity contribution in [2.24, 2.45) is 0 Å². The molecule has 0 heterocycles. The molecule has 23 heavy (non-hydrogen) atoms. The van der Waals surface area contributed by atoms with Crippen LogP contribution in [-0.2, 0) is 16.1 Å². The minimum absolute atomic E-state index is 0.293. The molecule has 0 atom stereocenters. The molecule has 0 radical (unpaired) electrons. The van der Waals surface area contributed by atoms with Crippen LogP contribution in [0.15, 0.2) is 48.5 Å². The maximum Gasteiger partial charge on any atom is 0.342 e. The standard InChI is InChI=1S/C18H19NO4/c1-13-7-3-4-8-14(13)11-19-17(20)12-23-18(21)15-9-5-6-10-16(15)22-2/h3-10H,11-12H2,1-2H3,(H,19,20). The Morgan fingerprint density at radius 3 is 2.48 bits per heavy atom. The van der Waals surface area contributed by atoms with Crippen molar-refractivity contribution in [3.05, 3.63) is 65.2 Å². The molecule has 0 aromatic heterocycles. The number of benzene rings is 2. The van der Waals surface area contributed by atoms with Gasteiger partial charge in [-0.15, -0.1) is 0 Å². The summed E-state index contributed by atoms with van der Waals surface area (Å²) in [5.74, 6) is -0.525. The second-order valence-corrected chi connectivity index (χ2v) is 4.98. The molecular formula is C18H19NO4. The number of hydrogen-bond acceptors (Lipinski definition) is 4. The Morgan fingerprint density at radius 2 is 1.74 bits per heavy atom. The van der Waals surface area contributed by atoms with Crippen LogP contribution in [0.3, 0.4) is 0 Å². The van der Waals surface area contributed by atoms with E-state index in [0.717, 1.165) is 11.1 Å². The third kappa shape index (κ3) is 4.57. The summed E-state index contributed by atoms with van der Waals surface area (Å²) >= 11 is 0. The zero-order chi connectivity index (χ0) is 16.7. The fourth-order valence-electron chi connectivity index (χ4n) is 2.08. The highest BCUT2D eigenvalue weighted by Gasteiger charge is 2.14. The van der Waals surface area contributed by atoms with Crippen LogP contribution in [0, 0.1) is 6.92 Å². The van der Waals surface area contributed by atoms with Crippen molar-refractivity contribution in [3.8, 4) is 5.75 Å². The second kappa shape index (κ2) is 7.98. The zero-order valence-corrected chi connectivity index (χ0v) is 13.2. The Kier molecular flexibility index (Phi) is 5.74. The van der Waals surface area contributed by atoms with E-state index in [9.17, 15) is 9.59 Å². The molecule has 0 aliphatic heterocycles. The number of carbonyl (C=O) groups excluding carboxylic acids is 2. The molecule has 0 aliphatic carbocycles. The SMILES string of the molecule is COc1ccccc1C(=O)OCC(=O)NCc1ccccc1C. The van der Waals surface area contributed by atoms with Gasteiger partial charge in [-0.3, -0.25) is 4.79 Å². The van der Waals surface area contributed by atoms with Crippen molar-refractivity contribution < 1.29 is 19.1 Å². The summed E-state index contributed by atoms with van der Waals surface area (Å²) in [5, 5.41) is 2.73. The first-order chi connectivity index (χ1) is 11.1. The maximum atomic E-state index is 12.0. The van der Waals surface area contributed by atoms with E-state index in [1.165, 1.54) is 7.11 Å². The van der Waals surface area contributed by atoms with Crippen molar-refractivity contribution in [2.45, 2.75) is 13.5 Å². The van der Waals surface area contributed by atoms with E-state index in [2.05, 4.69) is 5.32 Å². The Morgan fingerprint density at radius 1 is 1.04 bits per heavy atom. The van der Waals surface area contributed by atoms with Gasteiger partial charge in [0, 0.05) is 6.54 Å². The summed E-state index contributed by atoms with van der Waals surface area (Å²) in [5.41, 5.74) is 2.41. The lowest BCUT2D eigenvalue weighted by Crippen LogP contribution is -2.28. The lowest BCUT2D eigenvalue weighted by Gasteiger charge is -2.10. The average Bonchev–Trinajstić information content (AvgIpc) is 2.58. The van der Waals surface area contributed by atoms with Crippen LogP contribution in [0.5, 0.6) is 5.75 Å². The van der Waals surface area contributed by atoms with Crippen LogP contribution in [0.2, 0.25) is 0 Å². The highest BCUT2D eigenvalue weighted by atomic mass is 16.5. The molecule has 5 nitrogen and oxygen atoms in total. The van der Waals surface area contributed by atoms with Gasteiger partial charge in [0.2, 0.25) is 0 Å². The number of amides is 1. The fourth-order valence-corrected chi connectivity index (χ4v) is 2.08. The predicted octanol–water partition coefficient (Wildman–Crippen LogP) is 2.48. The number of rotatable bonds is 6. The van der Waals surface area contributed by atoms with Crippen LogP contribution >= 0.6 is 0 Å². The molecule has 0 saturated heterocycles. The molecular weight excluding hydrogens is 294 g/mol. The highest BCUT2D eigenvalue weighted by molar-refractivity contribution is 5.93. The zero-order valence-electron chi connectivity index (χ0n) is 13.2. The van der Waals surface area contributed by atoms with Crippen LogP contribution in [0.4, 0.5) is 0 Å². The first kappa shape index (κ1) is 16.5. The summed E-state index contributed by atoms with van der Waals surface area (Å²) in [6, 6.07) is 14.5. The van der Waals surface area contributed by atoms with E-state index in [1.807, 2.05) is 31.2 Å². The quantitative estimate of drug-likeness (QED) is 0.832. The van der Waals surface area contributed by atoms with Crippen molar-refractivity contribution in [1.82, 2.24) is 5.32 Å². The number of esters is 1. The number of methoxy groups -OCH3 is 1. The Labute approximate surface area is 135 Å². The van der Waals surface area contributed by atoms with E-state index >= 15 is 0 Å². The van der Waals surface area contributed by atoms with E-state index in [-0.39, 0.29) is 12.5 Å². The fraction of sp³-hybridized carbons (Fsp3) is 0.222. The van der Waals surface area contributed by atoms with Crippen molar-refractivity contribution in [1.29, 1.82) is 0 Å². The maximum absolute atomic E-state index is 12.0. The van der Waals surface area contributed by atoms with E-state index < -0.39 is 5.97 Å². The van der Waals surface area contributed by atoms with Gasteiger partial charge in [0.15, 0.2) is 6.61 Å². The molecule has 0 fully saturated rings.